The lowest BCUT2D eigenvalue weighted by Crippen LogP contribution is -2.46. The minimum absolute atomic E-state index is 0.103. The van der Waals surface area contributed by atoms with Gasteiger partial charge >= 0.3 is 0 Å². The maximum absolute atomic E-state index is 12.2. The number of carbonyl (C=O) groups is 1. The zero-order valence-electron chi connectivity index (χ0n) is 11.8. The fourth-order valence-corrected chi connectivity index (χ4v) is 2.35. The van der Waals surface area contributed by atoms with E-state index in [1.807, 2.05) is 25.1 Å². The molecule has 1 saturated heterocycles. The molecule has 0 atom stereocenters. The van der Waals surface area contributed by atoms with E-state index in [0.717, 1.165) is 24.3 Å². The highest BCUT2D eigenvalue weighted by Gasteiger charge is 2.19. The number of nitrogens with one attached hydrogen (secondary N) is 2. The van der Waals surface area contributed by atoms with Crippen LogP contribution in [0.2, 0.25) is 5.02 Å². The molecule has 2 N–H and O–H groups in total. The Hall–Kier alpha value is -2.03. The molecule has 0 spiro atoms. The van der Waals surface area contributed by atoms with E-state index in [9.17, 15) is 10.1 Å². The molecule has 0 saturated carbocycles. The van der Waals surface area contributed by atoms with Gasteiger partial charge in [0.25, 0.3) is 5.91 Å². The van der Waals surface area contributed by atoms with Crippen molar-refractivity contribution in [2.45, 2.75) is 6.92 Å². The van der Waals surface area contributed by atoms with E-state index in [2.05, 4.69) is 10.6 Å². The quantitative estimate of drug-likeness (QED) is 0.661. The lowest BCUT2D eigenvalue weighted by Gasteiger charge is -2.27. The summed E-state index contributed by atoms with van der Waals surface area (Å²) in [5.74, 6) is -0.238. The standard InChI is InChI=1S/C15H17ClN4O/c1-11-8-13(16)2-3-14(11)19-10-12(9-17)15(21)20-6-4-18-5-7-20/h2-3,8,10,18-19H,4-7H2,1H3/b12-10-. The Labute approximate surface area is 129 Å². The summed E-state index contributed by atoms with van der Waals surface area (Å²) >= 11 is 5.90. The lowest BCUT2D eigenvalue weighted by molar-refractivity contribution is -0.127. The van der Waals surface area contributed by atoms with Crippen molar-refractivity contribution in [2.75, 3.05) is 31.5 Å². The Kier molecular flexibility index (Phi) is 5.20. The molecule has 0 aromatic heterocycles. The van der Waals surface area contributed by atoms with E-state index >= 15 is 0 Å². The van der Waals surface area contributed by atoms with Crippen molar-refractivity contribution < 1.29 is 4.79 Å². The van der Waals surface area contributed by atoms with Gasteiger partial charge in [-0.3, -0.25) is 4.79 Å². The van der Waals surface area contributed by atoms with Crippen LogP contribution in [0.3, 0.4) is 0 Å². The van der Waals surface area contributed by atoms with Gasteiger partial charge in [0.1, 0.15) is 11.6 Å². The number of nitrogens with zero attached hydrogens (tertiary/aromatic N) is 2. The first-order valence-corrected chi connectivity index (χ1v) is 7.12. The third-order valence-electron chi connectivity index (χ3n) is 3.32. The van der Waals surface area contributed by atoms with Crippen LogP contribution >= 0.6 is 11.6 Å². The van der Waals surface area contributed by atoms with Crippen LogP contribution in [0.1, 0.15) is 5.56 Å². The van der Waals surface area contributed by atoms with Crippen molar-refractivity contribution in [1.29, 1.82) is 5.26 Å². The first-order valence-electron chi connectivity index (χ1n) is 6.75. The number of hydrogen-bond acceptors (Lipinski definition) is 4. The molecule has 5 nitrogen and oxygen atoms in total. The van der Waals surface area contributed by atoms with Gasteiger partial charge in [-0.15, -0.1) is 0 Å². The van der Waals surface area contributed by atoms with E-state index < -0.39 is 0 Å². The lowest BCUT2D eigenvalue weighted by atomic mass is 10.2. The minimum atomic E-state index is -0.238. The van der Waals surface area contributed by atoms with Crippen molar-refractivity contribution in [3.63, 3.8) is 0 Å². The van der Waals surface area contributed by atoms with E-state index in [0.29, 0.717) is 18.1 Å². The van der Waals surface area contributed by atoms with Gasteiger partial charge in [-0.1, -0.05) is 11.6 Å². The molecule has 1 aliphatic heterocycles. The Bertz CT molecular complexity index is 600. The molecule has 1 aromatic carbocycles. The normalized spacial score (nSPS) is 15.5. The Morgan fingerprint density at radius 2 is 2.19 bits per heavy atom. The summed E-state index contributed by atoms with van der Waals surface area (Å²) in [5, 5.41) is 16.0. The van der Waals surface area contributed by atoms with Gasteiger partial charge in [0.2, 0.25) is 0 Å². The van der Waals surface area contributed by atoms with Gasteiger partial charge in [-0.25, -0.2) is 0 Å². The molecule has 1 aromatic rings. The number of benzene rings is 1. The molecule has 1 heterocycles. The molecule has 1 fully saturated rings. The largest absolute Gasteiger partial charge is 0.360 e. The summed E-state index contributed by atoms with van der Waals surface area (Å²) < 4.78 is 0. The number of carbonyl (C=O) groups excluding carboxylic acids is 1. The molecular weight excluding hydrogens is 288 g/mol. The van der Waals surface area contributed by atoms with E-state index in [4.69, 9.17) is 11.6 Å². The first-order chi connectivity index (χ1) is 10.1. The Balaban J connectivity index is 2.09. The van der Waals surface area contributed by atoms with Gasteiger partial charge in [0, 0.05) is 43.1 Å². The number of halogens is 1. The molecular formula is C15H17ClN4O. The highest BCUT2D eigenvalue weighted by atomic mass is 35.5. The van der Waals surface area contributed by atoms with Gasteiger partial charge in [0.15, 0.2) is 0 Å². The molecule has 110 valence electrons. The van der Waals surface area contributed by atoms with Crippen molar-refractivity contribution in [3.05, 3.63) is 40.6 Å². The molecule has 0 unspecified atom stereocenters. The molecule has 0 bridgehead atoms. The van der Waals surface area contributed by atoms with Crippen LogP contribution in [-0.4, -0.2) is 37.0 Å². The second-order valence-corrected chi connectivity index (χ2v) is 5.25. The van der Waals surface area contributed by atoms with Crippen molar-refractivity contribution in [1.82, 2.24) is 10.2 Å². The Morgan fingerprint density at radius 1 is 1.48 bits per heavy atom. The van der Waals surface area contributed by atoms with Gasteiger partial charge in [-0.05, 0) is 30.7 Å². The number of nitriles is 1. The average molecular weight is 305 g/mol. The van der Waals surface area contributed by atoms with Crippen molar-refractivity contribution >= 4 is 23.2 Å². The molecule has 6 heteroatoms. The summed E-state index contributed by atoms with van der Waals surface area (Å²) in [4.78, 5) is 13.9. The third kappa shape index (κ3) is 3.97. The van der Waals surface area contributed by atoms with Crippen LogP contribution in [0.15, 0.2) is 30.0 Å². The number of anilines is 1. The fourth-order valence-electron chi connectivity index (χ4n) is 2.12. The maximum Gasteiger partial charge on any atom is 0.266 e. The number of rotatable bonds is 3. The molecule has 0 radical (unpaired) electrons. The maximum atomic E-state index is 12.2. The van der Waals surface area contributed by atoms with Crippen LogP contribution in [-0.2, 0) is 4.79 Å². The van der Waals surface area contributed by atoms with E-state index in [1.54, 1.807) is 11.0 Å². The minimum Gasteiger partial charge on any atom is -0.360 e. The molecule has 0 aliphatic carbocycles. The van der Waals surface area contributed by atoms with Gasteiger partial charge in [0.05, 0.1) is 0 Å². The van der Waals surface area contributed by atoms with Crippen LogP contribution < -0.4 is 10.6 Å². The summed E-state index contributed by atoms with van der Waals surface area (Å²) in [6.45, 7) is 4.67. The van der Waals surface area contributed by atoms with Crippen LogP contribution in [0.25, 0.3) is 0 Å². The Morgan fingerprint density at radius 3 is 2.81 bits per heavy atom. The predicted molar refractivity (Wildman–Crippen MR) is 83.0 cm³/mol. The highest BCUT2D eigenvalue weighted by molar-refractivity contribution is 6.30. The number of hydrogen-bond donors (Lipinski definition) is 2. The van der Waals surface area contributed by atoms with Crippen LogP contribution in [0, 0.1) is 18.3 Å². The highest BCUT2D eigenvalue weighted by Crippen LogP contribution is 2.19. The summed E-state index contributed by atoms with van der Waals surface area (Å²) in [6, 6.07) is 7.36. The molecule has 1 amide bonds. The van der Waals surface area contributed by atoms with Gasteiger partial charge < -0.3 is 15.5 Å². The smallest absolute Gasteiger partial charge is 0.266 e. The van der Waals surface area contributed by atoms with E-state index in [1.165, 1.54) is 6.20 Å². The number of amides is 1. The first kappa shape index (κ1) is 15.4. The number of aryl methyl sites for hydroxylation is 1. The molecule has 2 rings (SSSR count). The van der Waals surface area contributed by atoms with Crippen LogP contribution in [0.5, 0.6) is 0 Å². The molecule has 21 heavy (non-hydrogen) atoms. The zero-order valence-corrected chi connectivity index (χ0v) is 12.6. The SMILES string of the molecule is Cc1cc(Cl)ccc1N/C=C(/C#N)C(=O)N1CCNCC1. The predicted octanol–water partition coefficient (Wildman–Crippen LogP) is 1.90. The van der Waals surface area contributed by atoms with E-state index in [-0.39, 0.29) is 11.5 Å². The van der Waals surface area contributed by atoms with Crippen molar-refractivity contribution in [2.24, 2.45) is 0 Å². The fraction of sp³-hybridized carbons (Fsp3) is 0.333. The zero-order chi connectivity index (χ0) is 15.2. The second kappa shape index (κ2) is 7.11. The summed E-state index contributed by atoms with van der Waals surface area (Å²) in [7, 11) is 0. The van der Waals surface area contributed by atoms with Crippen LogP contribution in [0.4, 0.5) is 5.69 Å². The van der Waals surface area contributed by atoms with Gasteiger partial charge in [-0.2, -0.15) is 5.26 Å². The topological polar surface area (TPSA) is 68.2 Å². The average Bonchev–Trinajstić information content (AvgIpc) is 2.50. The van der Waals surface area contributed by atoms with Crippen molar-refractivity contribution in [3.8, 4) is 6.07 Å². The number of piperazine rings is 1. The second-order valence-electron chi connectivity index (χ2n) is 4.82. The molecule has 1 aliphatic rings. The third-order valence-corrected chi connectivity index (χ3v) is 3.55. The monoisotopic (exact) mass is 304 g/mol. The summed E-state index contributed by atoms with van der Waals surface area (Å²) in [6.07, 6.45) is 1.46. The summed E-state index contributed by atoms with van der Waals surface area (Å²) in [5.41, 5.74) is 1.87.